The zero-order valence-electron chi connectivity index (χ0n) is 18.7. The summed E-state index contributed by atoms with van der Waals surface area (Å²) in [6.07, 6.45) is -5.07. The standard InChI is InChI=1S/C23H24F6N2O4/c1-32-13-33-20-9-14(22(24,25)26)5-7-19(20)34-18-10-16-3-2-4-17(11-18)31(16)35-21-8-6-15(12-30-21)23(27,28)29/h5-9,12,16-18H,2-4,10-11,13H2,1H3/t16-,17+,18?. The van der Waals surface area contributed by atoms with E-state index in [9.17, 15) is 26.3 Å². The Morgan fingerprint density at radius 3 is 2.14 bits per heavy atom. The molecule has 4 rings (SSSR count). The summed E-state index contributed by atoms with van der Waals surface area (Å²) in [5.74, 6) is 0.170. The van der Waals surface area contributed by atoms with Crippen molar-refractivity contribution < 1.29 is 45.4 Å². The van der Waals surface area contributed by atoms with Crippen molar-refractivity contribution in [3.05, 3.63) is 47.7 Å². The predicted octanol–water partition coefficient (Wildman–Crippen LogP) is 5.86. The molecule has 0 aliphatic carbocycles. The summed E-state index contributed by atoms with van der Waals surface area (Å²) in [4.78, 5) is 9.64. The Kier molecular flexibility index (Phi) is 7.32. The van der Waals surface area contributed by atoms with E-state index in [2.05, 4.69) is 4.98 Å². The lowest BCUT2D eigenvalue weighted by molar-refractivity contribution is -0.185. The van der Waals surface area contributed by atoms with Crippen LogP contribution in [0.5, 0.6) is 17.4 Å². The van der Waals surface area contributed by atoms with Crippen molar-refractivity contribution in [3.8, 4) is 17.4 Å². The highest BCUT2D eigenvalue weighted by Gasteiger charge is 2.42. The summed E-state index contributed by atoms with van der Waals surface area (Å²) < 4.78 is 94.0. The molecule has 1 aromatic carbocycles. The van der Waals surface area contributed by atoms with Crippen molar-refractivity contribution in [2.75, 3.05) is 13.9 Å². The fourth-order valence-corrected chi connectivity index (χ4v) is 4.44. The average Bonchev–Trinajstić information content (AvgIpc) is 2.78. The van der Waals surface area contributed by atoms with E-state index in [-0.39, 0.29) is 42.4 Å². The topological polar surface area (TPSA) is 53.0 Å². The number of nitrogens with zero attached hydrogens (tertiary/aromatic N) is 2. The van der Waals surface area contributed by atoms with Gasteiger partial charge in [0.1, 0.15) is 6.10 Å². The Hall–Kier alpha value is -2.73. The third kappa shape index (κ3) is 6.10. The summed E-state index contributed by atoms with van der Waals surface area (Å²) in [5.41, 5.74) is -1.72. The van der Waals surface area contributed by atoms with Crippen molar-refractivity contribution in [1.29, 1.82) is 0 Å². The van der Waals surface area contributed by atoms with Gasteiger partial charge in [-0.25, -0.2) is 4.98 Å². The molecule has 2 aromatic rings. The minimum atomic E-state index is -4.53. The molecule has 2 aliphatic rings. The zero-order valence-corrected chi connectivity index (χ0v) is 18.7. The van der Waals surface area contributed by atoms with E-state index in [1.54, 1.807) is 5.06 Å². The van der Waals surface area contributed by atoms with Gasteiger partial charge >= 0.3 is 12.4 Å². The summed E-state index contributed by atoms with van der Waals surface area (Å²) >= 11 is 0. The predicted molar refractivity (Wildman–Crippen MR) is 111 cm³/mol. The van der Waals surface area contributed by atoms with Crippen LogP contribution in [0.15, 0.2) is 36.5 Å². The first-order valence-electron chi connectivity index (χ1n) is 11.0. The molecule has 2 saturated heterocycles. The number of fused-ring (bicyclic) bond motifs is 2. The van der Waals surface area contributed by atoms with Crippen molar-refractivity contribution in [2.45, 2.75) is 62.6 Å². The van der Waals surface area contributed by atoms with Gasteiger partial charge in [-0.2, -0.15) is 26.3 Å². The second kappa shape index (κ2) is 10.1. The fourth-order valence-electron chi connectivity index (χ4n) is 4.44. The molecule has 1 aromatic heterocycles. The molecule has 0 spiro atoms. The van der Waals surface area contributed by atoms with Crippen LogP contribution in [0, 0.1) is 0 Å². The monoisotopic (exact) mass is 506 g/mol. The molecular formula is C23H24F6N2O4. The highest BCUT2D eigenvalue weighted by molar-refractivity contribution is 5.44. The van der Waals surface area contributed by atoms with E-state index >= 15 is 0 Å². The lowest BCUT2D eigenvalue weighted by Gasteiger charge is -2.46. The molecule has 35 heavy (non-hydrogen) atoms. The molecule has 3 atom stereocenters. The second-order valence-corrected chi connectivity index (χ2v) is 8.49. The molecule has 12 heteroatoms. The Morgan fingerprint density at radius 1 is 0.914 bits per heavy atom. The summed E-state index contributed by atoms with van der Waals surface area (Å²) in [5, 5.41) is 1.76. The molecule has 0 radical (unpaired) electrons. The SMILES string of the molecule is COCOc1cc(C(F)(F)F)ccc1OC1C[C@H]2CCC[C@@H](C1)N2Oc1ccc(C(F)(F)F)cn1. The third-order valence-corrected chi connectivity index (χ3v) is 6.02. The lowest BCUT2D eigenvalue weighted by atomic mass is 9.84. The van der Waals surface area contributed by atoms with Gasteiger partial charge in [-0.3, -0.25) is 0 Å². The van der Waals surface area contributed by atoms with Crippen LogP contribution < -0.4 is 14.3 Å². The molecule has 3 heterocycles. The Morgan fingerprint density at radius 2 is 1.57 bits per heavy atom. The van der Waals surface area contributed by atoms with Gasteiger partial charge in [0.15, 0.2) is 18.3 Å². The minimum Gasteiger partial charge on any atom is -0.486 e. The summed E-state index contributed by atoms with van der Waals surface area (Å²) in [6, 6.07) is 4.97. The van der Waals surface area contributed by atoms with Gasteiger partial charge in [-0.05, 0) is 37.1 Å². The van der Waals surface area contributed by atoms with Crippen LogP contribution in [-0.4, -0.2) is 42.1 Å². The lowest BCUT2D eigenvalue weighted by Crippen LogP contribution is -2.55. The van der Waals surface area contributed by atoms with Gasteiger partial charge in [0.25, 0.3) is 0 Å². The van der Waals surface area contributed by atoms with Gasteiger partial charge in [0.05, 0.1) is 11.1 Å². The molecule has 2 bridgehead atoms. The number of piperidine rings is 2. The van der Waals surface area contributed by atoms with Crippen molar-refractivity contribution in [2.24, 2.45) is 0 Å². The molecule has 1 unspecified atom stereocenters. The Bertz CT molecular complexity index is 985. The molecule has 0 saturated carbocycles. The van der Waals surface area contributed by atoms with E-state index in [1.165, 1.54) is 19.2 Å². The molecule has 2 aliphatic heterocycles. The average molecular weight is 506 g/mol. The van der Waals surface area contributed by atoms with Gasteiger partial charge in [0, 0.05) is 44.3 Å². The summed E-state index contributed by atoms with van der Waals surface area (Å²) in [6.45, 7) is -0.241. The van der Waals surface area contributed by atoms with Crippen molar-refractivity contribution >= 4 is 0 Å². The van der Waals surface area contributed by atoms with Crippen LogP contribution in [0.3, 0.4) is 0 Å². The quantitative estimate of drug-likeness (QED) is 0.347. The smallest absolute Gasteiger partial charge is 0.417 e. The first kappa shape index (κ1) is 25.4. The number of ether oxygens (including phenoxy) is 3. The second-order valence-electron chi connectivity index (χ2n) is 8.49. The number of hydrogen-bond acceptors (Lipinski definition) is 6. The van der Waals surface area contributed by atoms with Crippen LogP contribution in [0.2, 0.25) is 0 Å². The van der Waals surface area contributed by atoms with E-state index in [0.29, 0.717) is 12.8 Å². The maximum atomic E-state index is 13.1. The number of aromatic nitrogens is 1. The highest BCUT2D eigenvalue weighted by Crippen LogP contribution is 2.40. The van der Waals surface area contributed by atoms with Crippen molar-refractivity contribution in [3.63, 3.8) is 0 Å². The van der Waals surface area contributed by atoms with Gasteiger partial charge in [-0.15, -0.1) is 5.06 Å². The zero-order chi connectivity index (χ0) is 25.2. The Labute approximate surface area is 197 Å². The van der Waals surface area contributed by atoms with Gasteiger partial charge < -0.3 is 19.0 Å². The first-order chi connectivity index (χ1) is 16.5. The van der Waals surface area contributed by atoms with Crippen LogP contribution in [0.25, 0.3) is 0 Å². The molecule has 0 N–H and O–H groups in total. The highest BCUT2D eigenvalue weighted by atomic mass is 19.4. The number of benzene rings is 1. The van der Waals surface area contributed by atoms with E-state index in [4.69, 9.17) is 19.0 Å². The van der Waals surface area contributed by atoms with Gasteiger partial charge in [0.2, 0.25) is 5.88 Å². The number of pyridine rings is 1. The summed E-state index contributed by atoms with van der Waals surface area (Å²) in [7, 11) is 1.36. The number of methoxy groups -OCH3 is 1. The Balaban J connectivity index is 1.45. The van der Waals surface area contributed by atoms with Crippen LogP contribution in [0.1, 0.15) is 43.2 Å². The maximum Gasteiger partial charge on any atom is 0.417 e. The number of hydroxylamine groups is 2. The largest absolute Gasteiger partial charge is 0.486 e. The number of halogens is 6. The van der Waals surface area contributed by atoms with E-state index < -0.39 is 23.5 Å². The van der Waals surface area contributed by atoms with Crippen LogP contribution in [-0.2, 0) is 17.1 Å². The number of rotatable bonds is 7. The normalized spacial score (nSPS) is 23.1. The fraction of sp³-hybridized carbons (Fsp3) is 0.522. The van der Waals surface area contributed by atoms with E-state index in [1.807, 2.05) is 0 Å². The maximum absolute atomic E-state index is 13.1. The molecule has 2 fully saturated rings. The molecule has 0 amide bonds. The molecule has 192 valence electrons. The molecular weight excluding hydrogens is 482 g/mol. The molecule has 6 nitrogen and oxygen atoms in total. The third-order valence-electron chi connectivity index (χ3n) is 6.02. The van der Waals surface area contributed by atoms with Crippen LogP contribution in [0.4, 0.5) is 26.3 Å². The number of hydrogen-bond donors (Lipinski definition) is 0. The number of alkyl halides is 6. The minimum absolute atomic E-state index is 0.0623. The van der Waals surface area contributed by atoms with Gasteiger partial charge in [-0.1, -0.05) is 6.42 Å². The van der Waals surface area contributed by atoms with Crippen molar-refractivity contribution in [1.82, 2.24) is 10.0 Å². The first-order valence-corrected chi connectivity index (χ1v) is 11.0. The van der Waals surface area contributed by atoms with Crippen LogP contribution >= 0.6 is 0 Å². The van der Waals surface area contributed by atoms with E-state index in [0.717, 1.165) is 43.7 Å².